The summed E-state index contributed by atoms with van der Waals surface area (Å²) in [6.07, 6.45) is 1.61. The van der Waals surface area contributed by atoms with E-state index in [1.807, 2.05) is 13.8 Å². The van der Waals surface area contributed by atoms with Crippen molar-refractivity contribution in [2.24, 2.45) is 11.8 Å². The Kier molecular flexibility index (Phi) is 5.88. The van der Waals surface area contributed by atoms with Crippen LogP contribution in [0.5, 0.6) is 0 Å². The second-order valence-electron chi connectivity index (χ2n) is 4.62. The van der Waals surface area contributed by atoms with E-state index in [0.717, 1.165) is 0 Å². The minimum atomic E-state index is -2.16. The van der Waals surface area contributed by atoms with Gasteiger partial charge in [-0.25, -0.2) is 22.0 Å². The normalized spacial score (nSPS) is 13.1. The van der Waals surface area contributed by atoms with E-state index >= 15 is 0 Å². The predicted octanol–water partition coefficient (Wildman–Crippen LogP) is 3.71. The number of hydrazine groups is 1. The van der Waals surface area contributed by atoms with Crippen molar-refractivity contribution in [1.82, 2.24) is 5.43 Å². The monoisotopic (exact) mass is 296 g/mol. The van der Waals surface area contributed by atoms with Crippen molar-refractivity contribution in [2.45, 2.75) is 39.2 Å². The molecule has 0 saturated carbocycles. The molecule has 0 heterocycles. The fourth-order valence-corrected chi connectivity index (χ4v) is 2.15. The average Bonchev–Trinajstić information content (AvgIpc) is 2.46. The van der Waals surface area contributed by atoms with Gasteiger partial charge in [-0.3, -0.25) is 11.3 Å². The summed E-state index contributed by atoms with van der Waals surface area (Å²) < 4.78 is 66.7. The first-order chi connectivity index (χ1) is 9.38. The molecule has 3 N–H and O–H groups in total. The van der Waals surface area contributed by atoms with E-state index in [9.17, 15) is 22.0 Å². The highest BCUT2D eigenvalue weighted by Crippen LogP contribution is 2.32. The van der Waals surface area contributed by atoms with Crippen LogP contribution in [-0.4, -0.2) is 0 Å². The first kappa shape index (κ1) is 16.8. The molecule has 0 spiro atoms. The van der Waals surface area contributed by atoms with Gasteiger partial charge in [0.05, 0.1) is 6.04 Å². The Labute approximate surface area is 114 Å². The van der Waals surface area contributed by atoms with Crippen molar-refractivity contribution >= 4 is 0 Å². The summed E-state index contributed by atoms with van der Waals surface area (Å²) in [5, 5.41) is 0. The van der Waals surface area contributed by atoms with E-state index in [4.69, 9.17) is 5.84 Å². The van der Waals surface area contributed by atoms with Crippen LogP contribution in [0.4, 0.5) is 22.0 Å². The second-order valence-corrected chi connectivity index (χ2v) is 4.62. The molecule has 0 radical (unpaired) electrons. The maximum atomic E-state index is 13.7. The molecular formula is C13H17F5N2. The van der Waals surface area contributed by atoms with E-state index < -0.39 is 40.7 Å². The lowest BCUT2D eigenvalue weighted by atomic mass is 9.90. The Morgan fingerprint density at radius 3 is 1.60 bits per heavy atom. The van der Waals surface area contributed by atoms with Crippen molar-refractivity contribution < 1.29 is 22.0 Å². The van der Waals surface area contributed by atoms with E-state index in [1.165, 1.54) is 0 Å². The lowest BCUT2D eigenvalue weighted by Crippen LogP contribution is -2.32. The molecule has 0 fully saturated rings. The van der Waals surface area contributed by atoms with Crippen LogP contribution in [0.25, 0.3) is 0 Å². The molecule has 1 aromatic carbocycles. The van der Waals surface area contributed by atoms with Gasteiger partial charge < -0.3 is 0 Å². The zero-order valence-electron chi connectivity index (χ0n) is 11.2. The molecule has 1 rings (SSSR count). The molecule has 0 amide bonds. The van der Waals surface area contributed by atoms with Crippen LogP contribution in [0.3, 0.4) is 0 Å². The number of hydrogen-bond donors (Lipinski definition) is 2. The largest absolute Gasteiger partial charge is 0.271 e. The molecular weight excluding hydrogens is 279 g/mol. The average molecular weight is 296 g/mol. The Hall–Kier alpha value is -1.21. The van der Waals surface area contributed by atoms with Gasteiger partial charge in [-0.2, -0.15) is 0 Å². The van der Waals surface area contributed by atoms with Gasteiger partial charge in [0.1, 0.15) is 0 Å². The van der Waals surface area contributed by atoms with Crippen LogP contribution in [-0.2, 0) is 0 Å². The molecule has 20 heavy (non-hydrogen) atoms. The molecule has 2 nitrogen and oxygen atoms in total. The summed E-state index contributed by atoms with van der Waals surface area (Å²) in [6, 6.07) is -1.13. The maximum Gasteiger partial charge on any atom is 0.200 e. The summed E-state index contributed by atoms with van der Waals surface area (Å²) in [5.74, 6) is -4.47. The molecule has 0 bridgehead atoms. The molecule has 0 aliphatic carbocycles. The van der Waals surface area contributed by atoms with Gasteiger partial charge in [-0.1, -0.05) is 26.7 Å². The van der Waals surface area contributed by atoms with Crippen molar-refractivity contribution in [3.63, 3.8) is 0 Å². The van der Waals surface area contributed by atoms with Crippen LogP contribution in [0.1, 0.15) is 44.7 Å². The summed E-state index contributed by atoms with van der Waals surface area (Å²) >= 11 is 0. The lowest BCUT2D eigenvalue weighted by Gasteiger charge is -2.23. The standard InChI is InChI=1S/C13H17F5N2/c1-3-6(4-2)5-7(20-19)8-9(14)11(16)13(18)12(17)10(8)15/h6-7,20H,3-5,19H2,1-2H3. The zero-order chi connectivity index (χ0) is 15.4. The summed E-state index contributed by atoms with van der Waals surface area (Å²) in [6.45, 7) is 3.75. The molecule has 0 aliphatic heterocycles. The quantitative estimate of drug-likeness (QED) is 0.276. The van der Waals surface area contributed by atoms with Gasteiger partial charge in [0.2, 0.25) is 5.82 Å². The van der Waals surface area contributed by atoms with Crippen molar-refractivity contribution in [2.75, 3.05) is 0 Å². The summed E-state index contributed by atoms with van der Waals surface area (Å²) in [7, 11) is 0. The fraction of sp³-hybridized carbons (Fsp3) is 0.538. The highest BCUT2D eigenvalue weighted by Gasteiger charge is 2.30. The van der Waals surface area contributed by atoms with Crippen LogP contribution in [0.2, 0.25) is 0 Å². The lowest BCUT2D eigenvalue weighted by molar-refractivity contribution is 0.327. The first-order valence-electron chi connectivity index (χ1n) is 6.36. The maximum absolute atomic E-state index is 13.7. The van der Waals surface area contributed by atoms with Crippen molar-refractivity contribution in [3.05, 3.63) is 34.6 Å². The summed E-state index contributed by atoms with van der Waals surface area (Å²) in [5.41, 5.74) is 1.23. The SMILES string of the molecule is CCC(CC)CC(NN)c1c(F)c(F)c(F)c(F)c1F. The van der Waals surface area contributed by atoms with E-state index in [2.05, 4.69) is 5.43 Å². The number of nitrogens with one attached hydrogen (secondary N) is 1. The highest BCUT2D eigenvalue weighted by atomic mass is 19.2. The van der Waals surface area contributed by atoms with Gasteiger partial charge in [-0.05, 0) is 12.3 Å². The number of benzene rings is 1. The molecule has 1 atom stereocenters. The Bertz CT molecular complexity index is 445. The van der Waals surface area contributed by atoms with E-state index in [-0.39, 0.29) is 12.3 Å². The minimum Gasteiger partial charge on any atom is -0.271 e. The van der Waals surface area contributed by atoms with E-state index in [0.29, 0.717) is 12.8 Å². The molecule has 0 aliphatic rings. The van der Waals surface area contributed by atoms with E-state index in [1.54, 1.807) is 0 Å². The summed E-state index contributed by atoms with van der Waals surface area (Å²) in [4.78, 5) is 0. The number of hydrogen-bond acceptors (Lipinski definition) is 2. The third kappa shape index (κ3) is 3.09. The highest BCUT2D eigenvalue weighted by molar-refractivity contribution is 5.27. The predicted molar refractivity (Wildman–Crippen MR) is 65.0 cm³/mol. The molecule has 1 aromatic rings. The Morgan fingerprint density at radius 2 is 1.25 bits per heavy atom. The second kappa shape index (κ2) is 6.99. The van der Waals surface area contributed by atoms with Gasteiger partial charge in [-0.15, -0.1) is 0 Å². The molecule has 0 aromatic heterocycles. The zero-order valence-corrected chi connectivity index (χ0v) is 11.2. The van der Waals surface area contributed by atoms with Crippen LogP contribution in [0, 0.1) is 35.0 Å². The fourth-order valence-electron chi connectivity index (χ4n) is 2.15. The molecule has 0 saturated heterocycles. The molecule has 7 heteroatoms. The minimum absolute atomic E-state index is 0.0611. The number of nitrogens with two attached hydrogens (primary N) is 1. The van der Waals surface area contributed by atoms with Crippen LogP contribution < -0.4 is 11.3 Å². The topological polar surface area (TPSA) is 38.0 Å². The molecule has 1 unspecified atom stereocenters. The van der Waals surface area contributed by atoms with Crippen LogP contribution in [0.15, 0.2) is 0 Å². The number of rotatable bonds is 6. The first-order valence-corrected chi connectivity index (χ1v) is 6.36. The van der Waals surface area contributed by atoms with Crippen molar-refractivity contribution in [3.8, 4) is 0 Å². The van der Waals surface area contributed by atoms with Crippen molar-refractivity contribution in [1.29, 1.82) is 0 Å². The van der Waals surface area contributed by atoms with Gasteiger partial charge in [0.15, 0.2) is 23.3 Å². The number of halogens is 5. The third-order valence-corrected chi connectivity index (χ3v) is 3.52. The van der Waals surface area contributed by atoms with Gasteiger partial charge in [0.25, 0.3) is 0 Å². The molecule has 114 valence electrons. The Morgan fingerprint density at radius 1 is 0.850 bits per heavy atom. The Balaban J connectivity index is 3.29. The smallest absolute Gasteiger partial charge is 0.200 e. The van der Waals surface area contributed by atoms with Gasteiger partial charge in [0, 0.05) is 5.56 Å². The van der Waals surface area contributed by atoms with Gasteiger partial charge >= 0.3 is 0 Å². The third-order valence-electron chi connectivity index (χ3n) is 3.52. The van der Waals surface area contributed by atoms with Crippen LogP contribution >= 0.6 is 0 Å².